The zero-order valence-electron chi connectivity index (χ0n) is 19.2. The van der Waals surface area contributed by atoms with E-state index in [2.05, 4.69) is 25.2 Å². The van der Waals surface area contributed by atoms with E-state index < -0.39 is 6.04 Å². The number of allylic oxidation sites excluding steroid dienone is 1. The van der Waals surface area contributed by atoms with Gasteiger partial charge in [-0.05, 0) is 66.6 Å². The van der Waals surface area contributed by atoms with Crippen LogP contribution >= 0.6 is 23.2 Å². The number of nitrogens with two attached hydrogens (primary N) is 1. The summed E-state index contributed by atoms with van der Waals surface area (Å²) in [5, 5.41) is 4.47. The van der Waals surface area contributed by atoms with Crippen molar-refractivity contribution in [3.05, 3.63) is 68.8 Å². The van der Waals surface area contributed by atoms with E-state index in [0.29, 0.717) is 40.6 Å². The van der Waals surface area contributed by atoms with Crippen LogP contribution in [0.3, 0.4) is 0 Å². The highest BCUT2D eigenvalue weighted by Gasteiger charge is 2.43. The molecule has 1 heterocycles. The highest BCUT2D eigenvalue weighted by molar-refractivity contribution is 6.35. The molecule has 5 nitrogen and oxygen atoms in total. The van der Waals surface area contributed by atoms with Gasteiger partial charge in [0.05, 0.1) is 17.4 Å². The molecule has 7 heteroatoms. The van der Waals surface area contributed by atoms with Crippen molar-refractivity contribution in [2.75, 3.05) is 16.8 Å². The molecule has 2 aromatic rings. The first-order chi connectivity index (χ1) is 15.6. The lowest BCUT2D eigenvalue weighted by atomic mass is 9.73. The Bertz CT molecular complexity index is 1160. The van der Waals surface area contributed by atoms with Gasteiger partial charge in [-0.15, -0.1) is 0 Å². The highest BCUT2D eigenvalue weighted by atomic mass is 35.5. The number of anilines is 2. The Labute approximate surface area is 204 Å². The summed E-state index contributed by atoms with van der Waals surface area (Å²) in [6, 6.07) is 10.6. The molecule has 0 radical (unpaired) electrons. The molecule has 0 saturated heterocycles. The maximum Gasteiger partial charge on any atom is 0.224 e. The number of amides is 1. The van der Waals surface area contributed by atoms with Crippen molar-refractivity contribution in [1.29, 1.82) is 0 Å². The average Bonchev–Trinajstić information content (AvgIpc) is 2.85. The normalized spacial score (nSPS) is 19.5. The van der Waals surface area contributed by atoms with Gasteiger partial charge in [-0.25, -0.2) is 0 Å². The molecule has 1 unspecified atom stereocenters. The van der Waals surface area contributed by atoms with Crippen molar-refractivity contribution in [1.82, 2.24) is 0 Å². The maximum atomic E-state index is 13.6. The second-order valence-electron chi connectivity index (χ2n) is 9.66. The first kappa shape index (κ1) is 23.8. The number of carbonyl (C=O) groups excluding carboxylic acids is 2. The molecule has 2 aromatic carbocycles. The number of carbonyl (C=O) groups is 2. The lowest BCUT2D eigenvalue weighted by Crippen LogP contribution is -2.38. The van der Waals surface area contributed by atoms with Gasteiger partial charge in [-0.3, -0.25) is 14.5 Å². The topological polar surface area (TPSA) is 75.4 Å². The van der Waals surface area contributed by atoms with Crippen molar-refractivity contribution in [3.8, 4) is 0 Å². The monoisotopic (exact) mass is 485 g/mol. The molecule has 1 aliphatic heterocycles. The number of fused-ring (bicyclic) bond motifs is 1. The van der Waals surface area contributed by atoms with E-state index in [9.17, 15) is 9.59 Å². The minimum Gasteiger partial charge on any atom is -0.357 e. The van der Waals surface area contributed by atoms with Crippen LogP contribution in [0.25, 0.3) is 0 Å². The van der Waals surface area contributed by atoms with Gasteiger partial charge in [0.25, 0.3) is 0 Å². The number of nitrogens with zero attached hydrogens (tertiary/aromatic N) is 1. The number of halogens is 2. The standard InChI is InChI=1S/C26H29Cl2N3O2/c1-15(32)31-22-9-6-16(5-4-10-29)11-20(22)30-21-13-26(2,3)14-23(33)24(21)25(31)18-8-7-17(27)12-19(18)28/h6-9,11-12,25,30H,4-5,10,13-14,29H2,1-3H3. The summed E-state index contributed by atoms with van der Waals surface area (Å²) < 4.78 is 0. The van der Waals surface area contributed by atoms with Crippen molar-refractivity contribution in [3.63, 3.8) is 0 Å². The summed E-state index contributed by atoms with van der Waals surface area (Å²) in [5.74, 6) is -0.151. The van der Waals surface area contributed by atoms with Gasteiger partial charge < -0.3 is 11.1 Å². The van der Waals surface area contributed by atoms with E-state index in [1.165, 1.54) is 6.92 Å². The molecule has 3 N–H and O–H groups in total. The number of aryl methyl sites for hydroxylation is 1. The van der Waals surface area contributed by atoms with E-state index in [1.807, 2.05) is 18.2 Å². The van der Waals surface area contributed by atoms with Crippen LogP contribution in [0.5, 0.6) is 0 Å². The van der Waals surface area contributed by atoms with Gasteiger partial charge in [-0.2, -0.15) is 0 Å². The first-order valence-corrected chi connectivity index (χ1v) is 12.0. The molecule has 174 valence electrons. The molecule has 1 aliphatic carbocycles. The molecular formula is C26H29Cl2N3O2. The quantitative estimate of drug-likeness (QED) is 0.552. The van der Waals surface area contributed by atoms with E-state index in [-0.39, 0.29) is 17.1 Å². The average molecular weight is 486 g/mol. The molecule has 0 spiro atoms. The summed E-state index contributed by atoms with van der Waals surface area (Å²) in [6.07, 6.45) is 2.80. The second-order valence-corrected chi connectivity index (χ2v) is 10.5. The number of nitrogens with one attached hydrogen (secondary N) is 1. The van der Waals surface area contributed by atoms with Gasteiger partial charge >= 0.3 is 0 Å². The minimum absolute atomic E-state index is 0.0205. The lowest BCUT2D eigenvalue weighted by Gasteiger charge is -2.37. The Kier molecular flexibility index (Phi) is 6.59. The third-order valence-corrected chi connectivity index (χ3v) is 6.89. The number of hydrogen-bond acceptors (Lipinski definition) is 4. The van der Waals surface area contributed by atoms with Crippen molar-refractivity contribution < 1.29 is 9.59 Å². The van der Waals surface area contributed by atoms with Gasteiger partial charge in [0.1, 0.15) is 0 Å². The third kappa shape index (κ3) is 4.68. The van der Waals surface area contributed by atoms with Crippen LogP contribution in [0, 0.1) is 5.41 Å². The Morgan fingerprint density at radius 3 is 2.61 bits per heavy atom. The number of rotatable bonds is 4. The van der Waals surface area contributed by atoms with Gasteiger partial charge in [-0.1, -0.05) is 49.2 Å². The third-order valence-electron chi connectivity index (χ3n) is 6.32. The Morgan fingerprint density at radius 2 is 1.94 bits per heavy atom. The maximum absolute atomic E-state index is 13.6. The molecule has 0 bridgehead atoms. The molecule has 0 fully saturated rings. The smallest absolute Gasteiger partial charge is 0.224 e. The van der Waals surface area contributed by atoms with Crippen LogP contribution < -0.4 is 16.0 Å². The summed E-state index contributed by atoms with van der Waals surface area (Å²) in [6.45, 7) is 6.31. The fraction of sp³-hybridized carbons (Fsp3) is 0.385. The number of benzene rings is 2. The van der Waals surface area contributed by atoms with Gasteiger partial charge in [0.2, 0.25) is 5.91 Å². The molecule has 1 amide bonds. The van der Waals surface area contributed by atoms with Crippen LogP contribution in [0.1, 0.15) is 57.2 Å². The Hall–Kier alpha value is -2.34. The van der Waals surface area contributed by atoms with Crippen LogP contribution in [0.15, 0.2) is 47.7 Å². The Balaban J connectivity index is 1.98. The molecular weight excluding hydrogens is 457 g/mol. The fourth-order valence-electron chi connectivity index (χ4n) is 4.92. The number of Topliss-reactive ketones (excluding diaryl/α,β-unsaturated/α-hetero) is 1. The van der Waals surface area contributed by atoms with E-state index >= 15 is 0 Å². The molecule has 4 rings (SSSR count). The predicted molar refractivity (Wildman–Crippen MR) is 135 cm³/mol. The molecule has 0 saturated carbocycles. The predicted octanol–water partition coefficient (Wildman–Crippen LogP) is 6.05. The van der Waals surface area contributed by atoms with E-state index in [1.54, 1.807) is 17.0 Å². The molecule has 2 aliphatic rings. The SMILES string of the molecule is CC(=O)N1c2ccc(CCCN)cc2NC2=C(C(=O)CC(C)(C)C2)C1c1ccc(Cl)cc1Cl. The zero-order valence-corrected chi connectivity index (χ0v) is 20.7. The van der Waals surface area contributed by atoms with Crippen LogP contribution in [-0.2, 0) is 16.0 Å². The summed E-state index contributed by atoms with van der Waals surface area (Å²) in [7, 11) is 0. The summed E-state index contributed by atoms with van der Waals surface area (Å²) in [5.41, 5.74) is 10.3. The van der Waals surface area contributed by atoms with Crippen molar-refractivity contribution in [2.45, 2.75) is 52.5 Å². The molecule has 1 atom stereocenters. The summed E-state index contributed by atoms with van der Waals surface area (Å²) in [4.78, 5) is 28.4. The van der Waals surface area contributed by atoms with Gasteiger partial charge in [0.15, 0.2) is 5.78 Å². The minimum atomic E-state index is -0.644. The fourth-order valence-corrected chi connectivity index (χ4v) is 5.43. The number of ketones is 1. The van der Waals surface area contributed by atoms with Gasteiger partial charge in [0, 0.05) is 34.7 Å². The van der Waals surface area contributed by atoms with E-state index in [4.69, 9.17) is 28.9 Å². The highest BCUT2D eigenvalue weighted by Crippen LogP contribution is 2.49. The number of hydrogen-bond donors (Lipinski definition) is 2. The van der Waals surface area contributed by atoms with Crippen molar-refractivity contribution >= 4 is 46.3 Å². The molecule has 0 aromatic heterocycles. The lowest BCUT2D eigenvalue weighted by molar-refractivity contribution is -0.118. The van der Waals surface area contributed by atoms with Crippen LogP contribution in [0.2, 0.25) is 10.0 Å². The van der Waals surface area contributed by atoms with Crippen molar-refractivity contribution in [2.24, 2.45) is 11.1 Å². The zero-order chi connectivity index (χ0) is 23.9. The van der Waals surface area contributed by atoms with Crippen LogP contribution in [-0.4, -0.2) is 18.2 Å². The van der Waals surface area contributed by atoms with Crippen LogP contribution in [0.4, 0.5) is 11.4 Å². The molecule has 33 heavy (non-hydrogen) atoms. The van der Waals surface area contributed by atoms with E-state index in [0.717, 1.165) is 35.5 Å². The largest absolute Gasteiger partial charge is 0.357 e. The Morgan fingerprint density at radius 1 is 1.18 bits per heavy atom. The summed E-state index contributed by atoms with van der Waals surface area (Å²) >= 11 is 12.8. The first-order valence-electron chi connectivity index (χ1n) is 11.2. The second kappa shape index (κ2) is 9.13.